The molecule has 1 atom stereocenters. The molecule has 0 aliphatic heterocycles. The van der Waals surface area contributed by atoms with Crippen molar-refractivity contribution in [3.63, 3.8) is 0 Å². The van der Waals surface area contributed by atoms with Gasteiger partial charge in [0.15, 0.2) is 5.75 Å². The molecule has 0 spiro atoms. The maximum absolute atomic E-state index is 12.3. The molecule has 0 radical (unpaired) electrons. The van der Waals surface area contributed by atoms with Gasteiger partial charge >= 0.3 is 5.97 Å². The zero-order valence-corrected chi connectivity index (χ0v) is 18.0. The van der Waals surface area contributed by atoms with Crippen LogP contribution in [-0.2, 0) is 0 Å². The quantitative estimate of drug-likeness (QED) is 0.455. The van der Waals surface area contributed by atoms with Gasteiger partial charge in [0.2, 0.25) is 5.95 Å². The Morgan fingerprint density at radius 3 is 2.45 bits per heavy atom. The largest absolute Gasteiger partial charge is 0.418 e. The summed E-state index contributed by atoms with van der Waals surface area (Å²) in [5.74, 6) is 1.02. The van der Waals surface area contributed by atoms with Gasteiger partial charge in [-0.05, 0) is 37.3 Å². The van der Waals surface area contributed by atoms with E-state index in [1.165, 1.54) is 29.7 Å². The van der Waals surface area contributed by atoms with E-state index in [2.05, 4.69) is 46.5 Å². The number of rotatable bonds is 9. The van der Waals surface area contributed by atoms with E-state index in [-0.39, 0.29) is 5.97 Å². The van der Waals surface area contributed by atoms with Crippen LogP contribution in [0.3, 0.4) is 0 Å². The Hall–Kier alpha value is -2.73. The zero-order chi connectivity index (χ0) is 20.6. The molecule has 0 bridgehead atoms. The molecule has 2 aromatic heterocycles. The van der Waals surface area contributed by atoms with Crippen LogP contribution in [0, 0.1) is 13.8 Å². The fraction of sp³-hybridized carbons (Fsp3) is 0.348. The molecule has 1 aromatic carbocycles. The van der Waals surface area contributed by atoms with Crippen molar-refractivity contribution in [2.24, 2.45) is 0 Å². The molecule has 152 valence electrons. The Bertz CT molecular complexity index is 904. The Morgan fingerprint density at radius 2 is 1.83 bits per heavy atom. The number of carbonyl (C=O) groups excluding carboxylic acids is 1. The number of unbranched alkanes of at least 4 members (excludes halogenated alkanes) is 1. The predicted octanol–water partition coefficient (Wildman–Crippen LogP) is 5.76. The third-order valence-electron chi connectivity index (χ3n) is 4.81. The van der Waals surface area contributed by atoms with Crippen LogP contribution in [0.25, 0.3) is 0 Å². The lowest BCUT2D eigenvalue weighted by atomic mass is 9.93. The minimum absolute atomic E-state index is 0.376. The number of hydrogen-bond acceptors (Lipinski definition) is 6. The summed E-state index contributed by atoms with van der Waals surface area (Å²) in [4.78, 5) is 21.9. The van der Waals surface area contributed by atoms with Gasteiger partial charge in [-0.1, -0.05) is 56.2 Å². The smallest absolute Gasteiger partial charge is 0.353 e. The average Bonchev–Trinajstić information content (AvgIpc) is 3.26. The minimum Gasteiger partial charge on any atom is -0.418 e. The number of anilines is 1. The third kappa shape index (κ3) is 5.64. The van der Waals surface area contributed by atoms with Crippen LogP contribution in [0.4, 0.5) is 5.95 Å². The monoisotopic (exact) mass is 409 g/mol. The maximum Gasteiger partial charge on any atom is 0.353 e. The number of hydrogen-bond donors (Lipinski definition) is 1. The highest BCUT2D eigenvalue weighted by Gasteiger charge is 2.17. The molecule has 3 rings (SSSR count). The van der Waals surface area contributed by atoms with Crippen molar-refractivity contribution in [1.29, 1.82) is 0 Å². The second-order valence-electron chi connectivity index (χ2n) is 7.04. The van der Waals surface area contributed by atoms with E-state index < -0.39 is 0 Å². The number of ether oxygens (including phenoxy) is 1. The lowest BCUT2D eigenvalue weighted by molar-refractivity contribution is 0.0736. The Kier molecular flexibility index (Phi) is 7.36. The number of aromatic nitrogens is 2. The Morgan fingerprint density at radius 1 is 1.10 bits per heavy atom. The van der Waals surface area contributed by atoms with Crippen LogP contribution in [0.1, 0.15) is 58.7 Å². The number of nitrogens with zero attached hydrogens (tertiary/aromatic N) is 2. The van der Waals surface area contributed by atoms with Crippen molar-refractivity contribution in [3.05, 3.63) is 69.7 Å². The molecule has 5 nitrogen and oxygen atoms in total. The molecule has 6 heteroatoms. The molecule has 29 heavy (non-hydrogen) atoms. The van der Waals surface area contributed by atoms with Gasteiger partial charge in [-0.25, -0.2) is 14.8 Å². The highest BCUT2D eigenvalue weighted by Crippen LogP contribution is 2.25. The molecule has 2 heterocycles. The van der Waals surface area contributed by atoms with Crippen molar-refractivity contribution in [1.82, 2.24) is 9.97 Å². The summed E-state index contributed by atoms with van der Waals surface area (Å²) in [6.45, 7) is 6.64. The van der Waals surface area contributed by atoms with Crippen molar-refractivity contribution in [3.8, 4) is 5.75 Å². The number of benzene rings is 1. The normalized spacial score (nSPS) is 11.8. The SMILES string of the molecule is CCCCC(CNc1nc(C)c(OC(=O)c2cccs2)c(C)n1)c1ccccc1. The molecule has 1 unspecified atom stereocenters. The van der Waals surface area contributed by atoms with Crippen LogP contribution in [0.5, 0.6) is 5.75 Å². The first-order valence-electron chi connectivity index (χ1n) is 9.98. The molecule has 0 aliphatic rings. The Balaban J connectivity index is 1.70. The minimum atomic E-state index is -0.376. The fourth-order valence-corrected chi connectivity index (χ4v) is 3.85. The second-order valence-corrected chi connectivity index (χ2v) is 7.99. The number of esters is 1. The van der Waals surface area contributed by atoms with E-state index >= 15 is 0 Å². The van der Waals surface area contributed by atoms with E-state index in [1.807, 2.05) is 31.4 Å². The third-order valence-corrected chi connectivity index (χ3v) is 5.66. The lowest BCUT2D eigenvalue weighted by Gasteiger charge is -2.18. The van der Waals surface area contributed by atoms with E-state index in [4.69, 9.17) is 4.74 Å². The van der Waals surface area contributed by atoms with Gasteiger partial charge in [-0.15, -0.1) is 11.3 Å². The second kappa shape index (κ2) is 10.2. The fourth-order valence-electron chi connectivity index (χ4n) is 3.25. The van der Waals surface area contributed by atoms with Gasteiger partial charge in [0.05, 0.1) is 11.4 Å². The molecular formula is C23H27N3O2S. The van der Waals surface area contributed by atoms with Crippen LogP contribution in [-0.4, -0.2) is 22.5 Å². The van der Waals surface area contributed by atoms with Gasteiger partial charge in [0.25, 0.3) is 0 Å². The molecule has 0 saturated carbocycles. The highest BCUT2D eigenvalue weighted by molar-refractivity contribution is 7.12. The number of carbonyl (C=O) groups is 1. The molecular weight excluding hydrogens is 382 g/mol. The maximum atomic E-state index is 12.3. The molecule has 0 saturated heterocycles. The van der Waals surface area contributed by atoms with E-state index in [0.29, 0.717) is 33.9 Å². The van der Waals surface area contributed by atoms with Crippen LogP contribution >= 0.6 is 11.3 Å². The summed E-state index contributed by atoms with van der Waals surface area (Å²) in [6, 6.07) is 14.1. The van der Waals surface area contributed by atoms with Crippen molar-refractivity contribution < 1.29 is 9.53 Å². The van der Waals surface area contributed by atoms with Gasteiger partial charge in [-0.3, -0.25) is 0 Å². The summed E-state index contributed by atoms with van der Waals surface area (Å²) in [5, 5.41) is 5.23. The molecule has 3 aromatic rings. The molecule has 1 N–H and O–H groups in total. The Labute approximate surface area is 176 Å². The molecule has 0 aliphatic carbocycles. The standard InChI is InChI=1S/C23H27N3O2S/c1-4-5-10-19(18-11-7-6-8-12-18)15-24-23-25-16(2)21(17(3)26-23)28-22(27)20-13-9-14-29-20/h6-9,11-14,19H,4-5,10,15H2,1-3H3,(H,24,25,26). The van der Waals surface area contributed by atoms with Crippen molar-refractivity contribution >= 4 is 23.3 Å². The van der Waals surface area contributed by atoms with Crippen LogP contribution in [0.2, 0.25) is 0 Å². The van der Waals surface area contributed by atoms with E-state index in [9.17, 15) is 4.79 Å². The number of thiophene rings is 1. The number of aryl methyl sites for hydroxylation is 2. The van der Waals surface area contributed by atoms with Crippen LogP contribution in [0.15, 0.2) is 47.8 Å². The molecule has 0 amide bonds. The average molecular weight is 410 g/mol. The van der Waals surface area contributed by atoms with Crippen molar-refractivity contribution in [2.75, 3.05) is 11.9 Å². The summed E-state index contributed by atoms with van der Waals surface area (Å²) < 4.78 is 5.54. The zero-order valence-electron chi connectivity index (χ0n) is 17.1. The first-order valence-corrected chi connectivity index (χ1v) is 10.9. The summed E-state index contributed by atoms with van der Waals surface area (Å²) in [6.07, 6.45) is 3.46. The van der Waals surface area contributed by atoms with Gasteiger partial charge in [0, 0.05) is 12.5 Å². The van der Waals surface area contributed by atoms with Gasteiger partial charge < -0.3 is 10.1 Å². The number of nitrogens with one attached hydrogen (secondary N) is 1. The lowest BCUT2D eigenvalue weighted by Crippen LogP contribution is -2.16. The highest BCUT2D eigenvalue weighted by atomic mass is 32.1. The van der Waals surface area contributed by atoms with E-state index in [0.717, 1.165) is 13.0 Å². The first kappa shape index (κ1) is 21.0. The topological polar surface area (TPSA) is 64.1 Å². The predicted molar refractivity (Wildman–Crippen MR) is 118 cm³/mol. The van der Waals surface area contributed by atoms with Crippen LogP contribution < -0.4 is 10.1 Å². The summed E-state index contributed by atoms with van der Waals surface area (Å²) in [7, 11) is 0. The first-order chi connectivity index (χ1) is 14.1. The van der Waals surface area contributed by atoms with Gasteiger partial charge in [0.1, 0.15) is 4.88 Å². The summed E-state index contributed by atoms with van der Waals surface area (Å²) in [5.41, 5.74) is 2.62. The van der Waals surface area contributed by atoms with E-state index in [1.54, 1.807) is 6.07 Å². The van der Waals surface area contributed by atoms with Crippen molar-refractivity contribution in [2.45, 2.75) is 46.0 Å². The summed E-state index contributed by atoms with van der Waals surface area (Å²) >= 11 is 1.35. The molecule has 0 fully saturated rings. The van der Waals surface area contributed by atoms with Gasteiger partial charge in [-0.2, -0.15) is 0 Å².